The summed E-state index contributed by atoms with van der Waals surface area (Å²) in [6.07, 6.45) is 0.452. The van der Waals surface area contributed by atoms with Gasteiger partial charge < -0.3 is 11.1 Å². The van der Waals surface area contributed by atoms with Crippen LogP contribution in [0.2, 0.25) is 0 Å². The molecule has 1 aromatic carbocycles. The average Bonchev–Trinajstić information content (AvgIpc) is 2.65. The number of rotatable bonds is 4. The van der Waals surface area contributed by atoms with Crippen LogP contribution < -0.4 is 11.1 Å². The Morgan fingerprint density at radius 2 is 2.24 bits per heavy atom. The molecule has 0 aliphatic heterocycles. The Balaban J connectivity index is 2.25. The van der Waals surface area contributed by atoms with Gasteiger partial charge in [-0.25, -0.2) is 9.07 Å². The number of nitrogen functional groups attached to an aromatic ring is 1. The number of benzene rings is 1. The fourth-order valence-corrected chi connectivity index (χ4v) is 1.38. The van der Waals surface area contributed by atoms with Crippen LogP contribution in [0.3, 0.4) is 0 Å². The van der Waals surface area contributed by atoms with Crippen LogP contribution in [0, 0.1) is 5.82 Å². The molecule has 1 amide bonds. The van der Waals surface area contributed by atoms with E-state index in [1.54, 1.807) is 18.2 Å². The van der Waals surface area contributed by atoms with E-state index in [4.69, 9.17) is 5.73 Å². The first-order valence-electron chi connectivity index (χ1n) is 4.85. The van der Waals surface area contributed by atoms with Crippen molar-refractivity contribution >= 4 is 18.0 Å². The number of halogens is 1. The zero-order valence-electron chi connectivity index (χ0n) is 8.80. The Morgan fingerprint density at radius 1 is 1.47 bits per heavy atom. The lowest BCUT2D eigenvalue weighted by molar-refractivity contribution is -0.105. The molecule has 88 valence electrons. The van der Waals surface area contributed by atoms with Crippen LogP contribution in [0.5, 0.6) is 0 Å². The second kappa shape index (κ2) is 4.60. The van der Waals surface area contributed by atoms with Gasteiger partial charge in [-0.2, -0.15) is 0 Å². The molecular formula is C10H10FN5O. The van der Waals surface area contributed by atoms with Gasteiger partial charge in [-0.05, 0) is 6.07 Å². The zero-order valence-corrected chi connectivity index (χ0v) is 8.80. The van der Waals surface area contributed by atoms with E-state index >= 15 is 0 Å². The number of nitrogens with one attached hydrogen (secondary N) is 1. The van der Waals surface area contributed by atoms with Gasteiger partial charge in [0, 0.05) is 5.56 Å². The van der Waals surface area contributed by atoms with Crippen LogP contribution in [0.25, 0.3) is 0 Å². The number of amides is 1. The van der Waals surface area contributed by atoms with E-state index in [1.165, 1.54) is 10.7 Å². The molecule has 0 aliphatic rings. The van der Waals surface area contributed by atoms with E-state index in [2.05, 4.69) is 15.6 Å². The molecule has 0 fully saturated rings. The van der Waals surface area contributed by atoms with Gasteiger partial charge in [-0.1, -0.05) is 23.4 Å². The molecule has 0 bridgehead atoms. The van der Waals surface area contributed by atoms with E-state index < -0.39 is 0 Å². The Labute approximate surface area is 96.2 Å². The van der Waals surface area contributed by atoms with E-state index in [-0.39, 0.29) is 24.0 Å². The summed E-state index contributed by atoms with van der Waals surface area (Å²) in [5, 5.41) is 9.68. The number of aromatic nitrogens is 3. The number of nitrogens with zero attached hydrogens (tertiary/aromatic N) is 3. The van der Waals surface area contributed by atoms with Crippen LogP contribution in [0.1, 0.15) is 5.56 Å². The van der Waals surface area contributed by atoms with E-state index in [1.807, 2.05) is 0 Å². The van der Waals surface area contributed by atoms with Crippen molar-refractivity contribution in [1.82, 2.24) is 15.0 Å². The first-order valence-corrected chi connectivity index (χ1v) is 4.85. The van der Waals surface area contributed by atoms with Gasteiger partial charge in [-0.15, -0.1) is 5.10 Å². The summed E-state index contributed by atoms with van der Waals surface area (Å²) in [7, 11) is 0. The summed E-state index contributed by atoms with van der Waals surface area (Å²) in [5.41, 5.74) is 6.13. The number of anilines is 2. The lowest BCUT2D eigenvalue weighted by Gasteiger charge is -2.04. The van der Waals surface area contributed by atoms with E-state index in [0.717, 1.165) is 0 Å². The predicted molar refractivity (Wildman–Crippen MR) is 59.6 cm³/mol. The maximum Gasteiger partial charge on any atom is 0.212 e. The van der Waals surface area contributed by atoms with Crippen LogP contribution in [-0.4, -0.2) is 21.4 Å². The molecule has 2 aromatic rings. The van der Waals surface area contributed by atoms with Crippen LogP contribution >= 0.6 is 0 Å². The normalized spacial score (nSPS) is 10.2. The van der Waals surface area contributed by atoms with Gasteiger partial charge in [0.1, 0.15) is 5.82 Å². The Bertz CT molecular complexity index is 539. The number of carbonyl (C=O) groups is 1. The molecule has 0 saturated heterocycles. The molecule has 0 radical (unpaired) electrons. The SMILES string of the molecule is Nc1c(NC=O)nnn1Cc1ccccc1F. The summed E-state index contributed by atoms with van der Waals surface area (Å²) < 4.78 is 14.7. The van der Waals surface area contributed by atoms with Crippen molar-refractivity contribution in [2.24, 2.45) is 0 Å². The Hall–Kier alpha value is -2.44. The summed E-state index contributed by atoms with van der Waals surface area (Å²) >= 11 is 0. The number of hydrogen-bond donors (Lipinski definition) is 2. The molecular weight excluding hydrogens is 225 g/mol. The van der Waals surface area contributed by atoms with Gasteiger partial charge in [0.25, 0.3) is 0 Å². The van der Waals surface area contributed by atoms with Gasteiger partial charge in [0.05, 0.1) is 6.54 Å². The van der Waals surface area contributed by atoms with Crippen molar-refractivity contribution in [2.45, 2.75) is 6.54 Å². The highest BCUT2D eigenvalue weighted by atomic mass is 19.1. The van der Waals surface area contributed by atoms with Crippen molar-refractivity contribution in [3.05, 3.63) is 35.6 Å². The highest BCUT2D eigenvalue weighted by Gasteiger charge is 2.10. The largest absolute Gasteiger partial charge is 0.381 e. The first kappa shape index (κ1) is 11.1. The van der Waals surface area contributed by atoms with Crippen LogP contribution in [-0.2, 0) is 11.3 Å². The second-order valence-corrected chi connectivity index (χ2v) is 3.33. The maximum absolute atomic E-state index is 13.4. The monoisotopic (exact) mass is 235 g/mol. The van der Waals surface area contributed by atoms with Crippen LogP contribution in [0.4, 0.5) is 16.0 Å². The molecule has 1 aromatic heterocycles. The molecule has 3 N–H and O–H groups in total. The summed E-state index contributed by atoms with van der Waals surface area (Å²) in [6, 6.07) is 6.30. The van der Waals surface area contributed by atoms with Gasteiger partial charge in [-0.3, -0.25) is 4.79 Å². The highest BCUT2D eigenvalue weighted by Crippen LogP contribution is 2.15. The molecule has 0 unspecified atom stereocenters. The molecule has 1 heterocycles. The minimum atomic E-state index is -0.340. The first-order chi connectivity index (χ1) is 8.22. The third kappa shape index (κ3) is 2.22. The van der Waals surface area contributed by atoms with Gasteiger partial charge in [0.15, 0.2) is 11.6 Å². The number of carbonyl (C=O) groups excluding carboxylic acids is 1. The topological polar surface area (TPSA) is 85.8 Å². The Kier molecular flexibility index (Phi) is 2.99. The van der Waals surface area contributed by atoms with Crippen molar-refractivity contribution in [3.8, 4) is 0 Å². The molecule has 2 rings (SSSR count). The van der Waals surface area contributed by atoms with E-state index in [0.29, 0.717) is 12.0 Å². The quantitative estimate of drug-likeness (QED) is 0.760. The van der Waals surface area contributed by atoms with E-state index in [9.17, 15) is 9.18 Å². The molecule has 0 atom stereocenters. The standard InChI is InChI=1S/C10H10FN5O/c11-8-4-2-1-3-7(8)5-16-9(12)10(13-6-17)14-15-16/h1-4,6H,5,12H2,(H,13,17). The van der Waals surface area contributed by atoms with Gasteiger partial charge in [0.2, 0.25) is 6.41 Å². The third-order valence-electron chi connectivity index (χ3n) is 2.25. The lowest BCUT2D eigenvalue weighted by atomic mass is 10.2. The zero-order chi connectivity index (χ0) is 12.3. The molecule has 6 nitrogen and oxygen atoms in total. The Morgan fingerprint density at radius 3 is 2.94 bits per heavy atom. The molecule has 0 aliphatic carbocycles. The summed E-state index contributed by atoms with van der Waals surface area (Å²) in [6.45, 7) is 0.159. The number of hydrogen-bond acceptors (Lipinski definition) is 4. The molecule has 7 heteroatoms. The maximum atomic E-state index is 13.4. The predicted octanol–water partition coefficient (Wildman–Crippen LogP) is 0.616. The van der Waals surface area contributed by atoms with Crippen LogP contribution in [0.15, 0.2) is 24.3 Å². The fourth-order valence-electron chi connectivity index (χ4n) is 1.38. The minimum Gasteiger partial charge on any atom is -0.381 e. The smallest absolute Gasteiger partial charge is 0.212 e. The third-order valence-corrected chi connectivity index (χ3v) is 2.25. The van der Waals surface area contributed by atoms with Crippen molar-refractivity contribution in [1.29, 1.82) is 0 Å². The van der Waals surface area contributed by atoms with Crippen molar-refractivity contribution < 1.29 is 9.18 Å². The number of nitrogens with two attached hydrogens (primary N) is 1. The molecule has 17 heavy (non-hydrogen) atoms. The van der Waals surface area contributed by atoms with Gasteiger partial charge >= 0.3 is 0 Å². The van der Waals surface area contributed by atoms with Crippen molar-refractivity contribution in [3.63, 3.8) is 0 Å². The lowest BCUT2D eigenvalue weighted by Crippen LogP contribution is -2.08. The summed E-state index contributed by atoms with van der Waals surface area (Å²) in [5.74, 6) is 0.00369. The second-order valence-electron chi connectivity index (χ2n) is 3.33. The minimum absolute atomic E-state index is 0.159. The van der Waals surface area contributed by atoms with Crippen molar-refractivity contribution in [2.75, 3.05) is 11.1 Å². The molecule has 0 saturated carbocycles. The molecule has 0 spiro atoms. The summed E-state index contributed by atoms with van der Waals surface area (Å²) in [4.78, 5) is 10.2. The average molecular weight is 235 g/mol. The highest BCUT2D eigenvalue weighted by molar-refractivity contribution is 5.74. The fraction of sp³-hybridized carbons (Fsp3) is 0.100.